The molecule has 0 atom stereocenters. The first-order valence-electron chi connectivity index (χ1n) is 8.83. The van der Waals surface area contributed by atoms with Gasteiger partial charge in [0.25, 0.3) is 0 Å². The van der Waals surface area contributed by atoms with Gasteiger partial charge in [-0.2, -0.15) is 0 Å². The van der Waals surface area contributed by atoms with Crippen LogP contribution in [0.4, 0.5) is 0 Å². The lowest BCUT2D eigenvalue weighted by atomic mass is 9.81. The van der Waals surface area contributed by atoms with Crippen LogP contribution >= 0.6 is 11.6 Å². The van der Waals surface area contributed by atoms with Gasteiger partial charge in [-0.3, -0.25) is 0 Å². The Hall–Kier alpha value is -0.530. The van der Waals surface area contributed by atoms with Gasteiger partial charge in [-0.05, 0) is 87.3 Å². The van der Waals surface area contributed by atoms with Crippen LogP contribution in [-0.4, -0.2) is 24.5 Å². The molecule has 0 N–H and O–H groups in total. The molecule has 2 heteroatoms. The molecule has 0 bridgehead atoms. The van der Waals surface area contributed by atoms with Gasteiger partial charge in [0, 0.05) is 5.02 Å². The fourth-order valence-electron chi connectivity index (χ4n) is 4.10. The molecular weight excluding hydrogens is 278 g/mol. The number of benzene rings is 1. The Morgan fingerprint density at radius 1 is 1.00 bits per heavy atom. The van der Waals surface area contributed by atoms with E-state index in [0.29, 0.717) is 0 Å². The zero-order valence-corrected chi connectivity index (χ0v) is 13.9. The number of hydrogen-bond acceptors (Lipinski definition) is 1. The molecular formula is C19H28ClN. The number of hydrogen-bond donors (Lipinski definition) is 0. The van der Waals surface area contributed by atoms with E-state index in [2.05, 4.69) is 23.1 Å². The van der Waals surface area contributed by atoms with Crippen molar-refractivity contribution in [3.8, 4) is 0 Å². The first kappa shape index (κ1) is 15.4. The van der Waals surface area contributed by atoms with Crippen molar-refractivity contribution in [3.63, 3.8) is 0 Å². The van der Waals surface area contributed by atoms with Crippen LogP contribution in [0.5, 0.6) is 0 Å². The van der Waals surface area contributed by atoms with E-state index < -0.39 is 0 Å². The monoisotopic (exact) mass is 305 g/mol. The largest absolute Gasteiger partial charge is 0.303 e. The molecule has 0 unspecified atom stereocenters. The van der Waals surface area contributed by atoms with Crippen LogP contribution in [0.2, 0.25) is 5.02 Å². The lowest BCUT2D eigenvalue weighted by Crippen LogP contribution is -2.21. The maximum atomic E-state index is 6.25. The van der Waals surface area contributed by atoms with E-state index in [1.165, 1.54) is 83.0 Å². The topological polar surface area (TPSA) is 3.24 Å². The van der Waals surface area contributed by atoms with Crippen molar-refractivity contribution in [2.45, 2.75) is 63.7 Å². The highest BCUT2D eigenvalue weighted by molar-refractivity contribution is 6.30. The zero-order chi connectivity index (χ0) is 14.5. The molecule has 1 nitrogen and oxygen atoms in total. The maximum Gasteiger partial charge on any atom is 0.0408 e. The lowest BCUT2D eigenvalue weighted by molar-refractivity contribution is 0.333. The van der Waals surface area contributed by atoms with Gasteiger partial charge >= 0.3 is 0 Å². The summed E-state index contributed by atoms with van der Waals surface area (Å²) in [4.78, 5) is 2.62. The Morgan fingerprint density at radius 3 is 2.52 bits per heavy atom. The van der Waals surface area contributed by atoms with Crippen molar-refractivity contribution in [2.75, 3.05) is 19.6 Å². The zero-order valence-electron chi connectivity index (χ0n) is 13.1. The summed E-state index contributed by atoms with van der Waals surface area (Å²) in [5.41, 5.74) is 3.12. The van der Waals surface area contributed by atoms with Gasteiger partial charge in [-0.25, -0.2) is 0 Å². The highest BCUT2D eigenvalue weighted by Crippen LogP contribution is 2.35. The van der Waals surface area contributed by atoms with Crippen molar-refractivity contribution in [1.82, 2.24) is 4.90 Å². The number of halogens is 1. The summed E-state index contributed by atoms with van der Waals surface area (Å²) in [5, 5.41) is 0.908. The Labute approximate surface area is 134 Å². The van der Waals surface area contributed by atoms with Crippen LogP contribution < -0.4 is 0 Å². The molecule has 3 rings (SSSR count). The van der Waals surface area contributed by atoms with Crippen LogP contribution in [0, 0.1) is 0 Å². The minimum atomic E-state index is 0.790. The molecule has 1 saturated carbocycles. The van der Waals surface area contributed by atoms with Crippen LogP contribution in [0.25, 0.3) is 0 Å². The van der Waals surface area contributed by atoms with Gasteiger partial charge in [-0.1, -0.05) is 36.9 Å². The molecule has 1 aliphatic heterocycles. The van der Waals surface area contributed by atoms with E-state index in [0.717, 1.165) is 10.9 Å². The molecule has 0 amide bonds. The second-order valence-corrected chi connectivity index (χ2v) is 7.27. The third-order valence-corrected chi connectivity index (χ3v) is 5.50. The minimum absolute atomic E-state index is 0.790. The van der Waals surface area contributed by atoms with Crippen LogP contribution in [0.1, 0.15) is 68.4 Å². The van der Waals surface area contributed by atoms with E-state index in [1.807, 2.05) is 0 Å². The quantitative estimate of drug-likeness (QED) is 0.702. The van der Waals surface area contributed by atoms with Gasteiger partial charge < -0.3 is 4.90 Å². The molecule has 0 spiro atoms. The second kappa shape index (κ2) is 7.65. The predicted molar refractivity (Wildman–Crippen MR) is 91.3 cm³/mol. The smallest absolute Gasteiger partial charge is 0.0408 e. The van der Waals surface area contributed by atoms with Crippen LogP contribution in [0.3, 0.4) is 0 Å². The Balaban J connectivity index is 1.62. The van der Waals surface area contributed by atoms with Gasteiger partial charge in [0.05, 0.1) is 0 Å². The predicted octanol–water partition coefficient (Wildman–Crippen LogP) is 5.42. The van der Waals surface area contributed by atoms with Gasteiger partial charge in [-0.15, -0.1) is 0 Å². The molecule has 21 heavy (non-hydrogen) atoms. The maximum absolute atomic E-state index is 6.25. The number of rotatable bonds is 5. The standard InChI is InChI=1S/C19H28ClN/c20-18-10-11-19(16-7-2-1-3-8-16)17(15-18)9-6-14-21-12-4-5-13-21/h10-11,15-16H,1-9,12-14H2. The van der Waals surface area contributed by atoms with E-state index in [1.54, 1.807) is 5.56 Å². The SMILES string of the molecule is Clc1ccc(C2CCCCC2)c(CCCN2CCCC2)c1. The third kappa shape index (κ3) is 4.23. The second-order valence-electron chi connectivity index (χ2n) is 6.83. The van der Waals surface area contributed by atoms with Gasteiger partial charge in [0.2, 0.25) is 0 Å². The van der Waals surface area contributed by atoms with Crippen molar-refractivity contribution < 1.29 is 0 Å². The van der Waals surface area contributed by atoms with Crippen molar-refractivity contribution >= 4 is 11.6 Å². The normalized spacial score (nSPS) is 21.0. The van der Waals surface area contributed by atoms with Gasteiger partial charge in [0.1, 0.15) is 0 Å². The van der Waals surface area contributed by atoms with E-state index in [-0.39, 0.29) is 0 Å². The molecule has 116 valence electrons. The number of likely N-dealkylation sites (tertiary alicyclic amines) is 1. The van der Waals surface area contributed by atoms with E-state index in [4.69, 9.17) is 11.6 Å². The van der Waals surface area contributed by atoms with Crippen LogP contribution in [0.15, 0.2) is 18.2 Å². The average molecular weight is 306 g/mol. The van der Waals surface area contributed by atoms with E-state index in [9.17, 15) is 0 Å². The molecule has 1 aromatic carbocycles. The highest BCUT2D eigenvalue weighted by Gasteiger charge is 2.19. The summed E-state index contributed by atoms with van der Waals surface area (Å²) >= 11 is 6.25. The molecule has 1 aliphatic carbocycles. The van der Waals surface area contributed by atoms with Crippen molar-refractivity contribution in [3.05, 3.63) is 34.3 Å². The van der Waals surface area contributed by atoms with Crippen LogP contribution in [-0.2, 0) is 6.42 Å². The van der Waals surface area contributed by atoms with Gasteiger partial charge in [0.15, 0.2) is 0 Å². The average Bonchev–Trinajstić information content (AvgIpc) is 3.02. The molecule has 0 radical (unpaired) electrons. The van der Waals surface area contributed by atoms with Crippen molar-refractivity contribution in [1.29, 1.82) is 0 Å². The fourth-order valence-corrected chi connectivity index (χ4v) is 4.30. The van der Waals surface area contributed by atoms with Crippen molar-refractivity contribution in [2.24, 2.45) is 0 Å². The lowest BCUT2D eigenvalue weighted by Gasteiger charge is -2.25. The minimum Gasteiger partial charge on any atom is -0.303 e. The first-order valence-corrected chi connectivity index (χ1v) is 9.21. The molecule has 0 aromatic heterocycles. The fraction of sp³-hybridized carbons (Fsp3) is 0.684. The first-order chi connectivity index (χ1) is 10.3. The molecule has 1 saturated heterocycles. The van der Waals surface area contributed by atoms with E-state index >= 15 is 0 Å². The Kier molecular flexibility index (Phi) is 5.60. The molecule has 2 aliphatic rings. The highest BCUT2D eigenvalue weighted by atomic mass is 35.5. The summed E-state index contributed by atoms with van der Waals surface area (Å²) in [6.07, 6.45) is 12.2. The third-order valence-electron chi connectivity index (χ3n) is 5.27. The Bertz CT molecular complexity index is 445. The Morgan fingerprint density at radius 2 is 1.76 bits per heavy atom. The summed E-state index contributed by atoms with van der Waals surface area (Å²) in [7, 11) is 0. The molecule has 2 fully saturated rings. The molecule has 1 heterocycles. The summed E-state index contributed by atoms with van der Waals surface area (Å²) in [6.45, 7) is 3.88. The summed E-state index contributed by atoms with van der Waals surface area (Å²) in [5.74, 6) is 0.790. The number of nitrogens with zero attached hydrogens (tertiary/aromatic N) is 1. The summed E-state index contributed by atoms with van der Waals surface area (Å²) in [6, 6.07) is 6.63. The summed E-state index contributed by atoms with van der Waals surface area (Å²) < 4.78 is 0. The molecule has 1 aromatic rings. The number of aryl methyl sites for hydroxylation is 1.